The van der Waals surface area contributed by atoms with Crippen molar-refractivity contribution in [2.45, 2.75) is 25.8 Å². The van der Waals surface area contributed by atoms with Crippen LogP contribution in [-0.2, 0) is 6.42 Å². The van der Waals surface area contributed by atoms with Crippen LogP contribution in [0.5, 0.6) is 5.75 Å². The summed E-state index contributed by atoms with van der Waals surface area (Å²) in [5.74, 6) is 0.540. The minimum absolute atomic E-state index is 0.0713. The van der Waals surface area contributed by atoms with E-state index in [1.54, 1.807) is 19.4 Å². The molecule has 0 radical (unpaired) electrons. The van der Waals surface area contributed by atoms with E-state index in [9.17, 15) is 4.39 Å². The molecular weight excluding hydrogens is 267 g/mol. The first-order chi connectivity index (χ1) is 10.3. The molecule has 1 aromatic carbocycles. The molecule has 4 heteroatoms. The maximum atomic E-state index is 13.9. The molecule has 0 saturated heterocycles. The van der Waals surface area contributed by atoms with Crippen LogP contribution in [0.4, 0.5) is 4.39 Å². The summed E-state index contributed by atoms with van der Waals surface area (Å²) in [7, 11) is 1.63. The van der Waals surface area contributed by atoms with E-state index in [1.807, 2.05) is 24.3 Å². The van der Waals surface area contributed by atoms with Gasteiger partial charge < -0.3 is 10.1 Å². The van der Waals surface area contributed by atoms with Gasteiger partial charge in [-0.1, -0.05) is 25.1 Å². The molecule has 2 aromatic rings. The largest absolute Gasteiger partial charge is 0.495 e. The van der Waals surface area contributed by atoms with Gasteiger partial charge in [-0.15, -0.1) is 0 Å². The van der Waals surface area contributed by atoms with Crippen LogP contribution in [0.3, 0.4) is 0 Å². The number of aromatic nitrogens is 1. The average molecular weight is 288 g/mol. The third-order valence-corrected chi connectivity index (χ3v) is 3.37. The van der Waals surface area contributed by atoms with Gasteiger partial charge in [0, 0.05) is 6.20 Å². The lowest BCUT2D eigenvalue weighted by Gasteiger charge is -2.20. The second-order valence-electron chi connectivity index (χ2n) is 4.89. The van der Waals surface area contributed by atoms with Gasteiger partial charge in [-0.05, 0) is 43.1 Å². The SMILES string of the molecule is CCCNC(Cc1ccccc1F)c1ncccc1OC. The summed E-state index contributed by atoms with van der Waals surface area (Å²) in [6.45, 7) is 2.95. The van der Waals surface area contributed by atoms with Crippen molar-refractivity contribution in [2.75, 3.05) is 13.7 Å². The quantitative estimate of drug-likeness (QED) is 0.846. The highest BCUT2D eigenvalue weighted by Crippen LogP contribution is 2.26. The summed E-state index contributed by atoms with van der Waals surface area (Å²) in [6.07, 6.45) is 3.28. The molecule has 2 rings (SSSR count). The van der Waals surface area contributed by atoms with E-state index in [2.05, 4.69) is 17.2 Å². The number of hydrogen-bond donors (Lipinski definition) is 1. The number of methoxy groups -OCH3 is 1. The summed E-state index contributed by atoms with van der Waals surface area (Å²) in [5.41, 5.74) is 1.50. The topological polar surface area (TPSA) is 34.2 Å². The van der Waals surface area contributed by atoms with Crippen molar-refractivity contribution in [3.8, 4) is 5.75 Å². The lowest BCUT2D eigenvalue weighted by Crippen LogP contribution is -2.25. The number of hydrogen-bond acceptors (Lipinski definition) is 3. The normalized spacial score (nSPS) is 12.1. The second kappa shape index (κ2) is 7.74. The first-order valence-electron chi connectivity index (χ1n) is 7.22. The first kappa shape index (κ1) is 15.4. The molecule has 1 aromatic heterocycles. The van der Waals surface area contributed by atoms with Crippen molar-refractivity contribution in [1.82, 2.24) is 10.3 Å². The van der Waals surface area contributed by atoms with E-state index in [0.717, 1.165) is 24.4 Å². The van der Waals surface area contributed by atoms with Crippen LogP contribution >= 0.6 is 0 Å². The molecule has 0 aliphatic heterocycles. The first-order valence-corrected chi connectivity index (χ1v) is 7.22. The van der Waals surface area contributed by atoms with Crippen LogP contribution < -0.4 is 10.1 Å². The van der Waals surface area contributed by atoms with Crippen molar-refractivity contribution in [2.24, 2.45) is 0 Å². The molecule has 0 aliphatic rings. The van der Waals surface area contributed by atoms with Gasteiger partial charge in [-0.2, -0.15) is 0 Å². The van der Waals surface area contributed by atoms with Crippen LogP contribution in [0.25, 0.3) is 0 Å². The Kier molecular flexibility index (Phi) is 5.69. The van der Waals surface area contributed by atoms with E-state index in [4.69, 9.17) is 4.74 Å². The molecule has 0 saturated carbocycles. The Morgan fingerprint density at radius 2 is 2.05 bits per heavy atom. The van der Waals surface area contributed by atoms with Crippen molar-refractivity contribution < 1.29 is 9.13 Å². The van der Waals surface area contributed by atoms with E-state index in [0.29, 0.717) is 12.0 Å². The van der Waals surface area contributed by atoms with Crippen LogP contribution in [-0.4, -0.2) is 18.6 Å². The van der Waals surface area contributed by atoms with Crippen LogP contribution in [0.1, 0.15) is 30.6 Å². The van der Waals surface area contributed by atoms with Crippen molar-refractivity contribution >= 4 is 0 Å². The Balaban J connectivity index is 2.28. The molecule has 0 bridgehead atoms. The van der Waals surface area contributed by atoms with Gasteiger partial charge in [0.1, 0.15) is 11.6 Å². The fraction of sp³-hybridized carbons (Fsp3) is 0.353. The van der Waals surface area contributed by atoms with Crippen LogP contribution in [0, 0.1) is 5.82 Å². The zero-order valence-corrected chi connectivity index (χ0v) is 12.5. The smallest absolute Gasteiger partial charge is 0.141 e. The van der Waals surface area contributed by atoms with Gasteiger partial charge in [0.15, 0.2) is 0 Å². The third kappa shape index (κ3) is 4.02. The Hall–Kier alpha value is -1.94. The van der Waals surface area contributed by atoms with Crippen molar-refractivity contribution in [3.05, 3.63) is 59.7 Å². The predicted octanol–water partition coefficient (Wildman–Crippen LogP) is 3.51. The Bertz CT molecular complexity index is 574. The van der Waals surface area contributed by atoms with Crippen LogP contribution in [0.2, 0.25) is 0 Å². The highest BCUT2D eigenvalue weighted by atomic mass is 19.1. The number of pyridine rings is 1. The number of nitrogens with zero attached hydrogens (tertiary/aromatic N) is 1. The molecule has 1 atom stereocenters. The molecule has 1 unspecified atom stereocenters. The Labute approximate surface area is 125 Å². The van der Waals surface area contributed by atoms with Gasteiger partial charge in [-0.25, -0.2) is 4.39 Å². The average Bonchev–Trinajstić information content (AvgIpc) is 2.53. The van der Waals surface area contributed by atoms with Crippen LogP contribution in [0.15, 0.2) is 42.6 Å². The highest BCUT2D eigenvalue weighted by molar-refractivity contribution is 5.31. The summed E-state index contributed by atoms with van der Waals surface area (Å²) < 4.78 is 19.3. The summed E-state index contributed by atoms with van der Waals surface area (Å²) >= 11 is 0. The summed E-state index contributed by atoms with van der Waals surface area (Å²) in [5, 5.41) is 3.43. The van der Waals surface area contributed by atoms with E-state index in [1.165, 1.54) is 6.07 Å². The maximum Gasteiger partial charge on any atom is 0.141 e. The van der Waals surface area contributed by atoms with Crippen molar-refractivity contribution in [3.63, 3.8) is 0 Å². The minimum atomic E-state index is -0.185. The Morgan fingerprint density at radius 3 is 2.76 bits per heavy atom. The monoisotopic (exact) mass is 288 g/mol. The minimum Gasteiger partial charge on any atom is -0.495 e. The van der Waals surface area contributed by atoms with Gasteiger partial charge in [0.25, 0.3) is 0 Å². The van der Waals surface area contributed by atoms with Crippen molar-refractivity contribution in [1.29, 1.82) is 0 Å². The molecule has 0 aliphatic carbocycles. The number of ether oxygens (including phenoxy) is 1. The number of halogens is 1. The molecule has 0 amide bonds. The lowest BCUT2D eigenvalue weighted by atomic mass is 10.0. The molecule has 1 N–H and O–H groups in total. The number of benzene rings is 1. The lowest BCUT2D eigenvalue weighted by molar-refractivity contribution is 0.392. The standard InChI is InChI=1S/C17H21FN2O/c1-3-10-19-15(12-13-7-4-5-8-14(13)18)17-16(21-2)9-6-11-20-17/h4-9,11,15,19H,3,10,12H2,1-2H3. The zero-order chi connectivity index (χ0) is 15.1. The summed E-state index contributed by atoms with van der Waals surface area (Å²) in [6, 6.07) is 10.5. The molecule has 3 nitrogen and oxygen atoms in total. The zero-order valence-electron chi connectivity index (χ0n) is 12.5. The van der Waals surface area contributed by atoms with E-state index in [-0.39, 0.29) is 11.9 Å². The second-order valence-corrected chi connectivity index (χ2v) is 4.89. The fourth-order valence-corrected chi connectivity index (χ4v) is 2.31. The van der Waals surface area contributed by atoms with Gasteiger partial charge in [0.2, 0.25) is 0 Å². The number of rotatable bonds is 7. The molecule has 112 valence electrons. The van der Waals surface area contributed by atoms with E-state index >= 15 is 0 Å². The molecule has 0 spiro atoms. The molecule has 0 fully saturated rings. The fourth-order valence-electron chi connectivity index (χ4n) is 2.31. The van der Waals surface area contributed by atoms with Gasteiger partial charge in [-0.3, -0.25) is 4.98 Å². The third-order valence-electron chi connectivity index (χ3n) is 3.37. The molecule has 1 heterocycles. The highest BCUT2D eigenvalue weighted by Gasteiger charge is 2.18. The molecule has 21 heavy (non-hydrogen) atoms. The predicted molar refractivity (Wildman–Crippen MR) is 81.9 cm³/mol. The molecular formula is C17H21FN2O. The number of nitrogens with one attached hydrogen (secondary N) is 1. The summed E-state index contributed by atoms with van der Waals surface area (Å²) in [4.78, 5) is 4.42. The Morgan fingerprint density at radius 1 is 1.24 bits per heavy atom. The van der Waals surface area contributed by atoms with E-state index < -0.39 is 0 Å². The maximum absolute atomic E-state index is 13.9. The van der Waals surface area contributed by atoms with Gasteiger partial charge in [0.05, 0.1) is 18.8 Å². The van der Waals surface area contributed by atoms with Gasteiger partial charge >= 0.3 is 0 Å².